The largest absolute Gasteiger partial charge is 0.333 e. The van der Waals surface area contributed by atoms with Crippen LogP contribution in [0.2, 0.25) is 0 Å². The molecular formula is C13H18N4S. The van der Waals surface area contributed by atoms with Crippen LogP contribution >= 0.6 is 11.3 Å². The fourth-order valence-corrected chi connectivity index (χ4v) is 3.56. The summed E-state index contributed by atoms with van der Waals surface area (Å²) in [6.45, 7) is 5.76. The van der Waals surface area contributed by atoms with Gasteiger partial charge in [0.2, 0.25) is 0 Å². The summed E-state index contributed by atoms with van der Waals surface area (Å²) in [5, 5.41) is 0. The van der Waals surface area contributed by atoms with Gasteiger partial charge in [0.15, 0.2) is 0 Å². The molecule has 2 aromatic heterocycles. The molecule has 0 radical (unpaired) electrons. The number of hydrogen-bond acceptors (Lipinski definition) is 4. The van der Waals surface area contributed by atoms with Gasteiger partial charge in [-0.25, -0.2) is 4.98 Å². The van der Waals surface area contributed by atoms with Crippen molar-refractivity contribution >= 4 is 11.3 Å². The van der Waals surface area contributed by atoms with E-state index in [0.717, 1.165) is 25.5 Å². The molecule has 0 fully saturated rings. The van der Waals surface area contributed by atoms with Crippen LogP contribution < -0.4 is 5.73 Å². The van der Waals surface area contributed by atoms with Crippen LogP contribution in [0.3, 0.4) is 0 Å². The number of aryl methyl sites for hydroxylation is 1. The molecule has 0 spiro atoms. The molecule has 2 N–H and O–H groups in total. The lowest BCUT2D eigenvalue weighted by atomic mass is 10.2. The zero-order valence-electron chi connectivity index (χ0n) is 10.5. The van der Waals surface area contributed by atoms with Gasteiger partial charge in [0.1, 0.15) is 5.82 Å². The minimum absolute atomic E-state index is 0.328. The normalized spacial score (nSPS) is 17.7. The number of aromatic nitrogens is 2. The summed E-state index contributed by atoms with van der Waals surface area (Å²) >= 11 is 1.85. The Morgan fingerprint density at radius 2 is 2.33 bits per heavy atom. The Labute approximate surface area is 111 Å². The van der Waals surface area contributed by atoms with Gasteiger partial charge in [-0.3, -0.25) is 4.90 Å². The molecule has 0 amide bonds. The quantitative estimate of drug-likeness (QED) is 0.917. The summed E-state index contributed by atoms with van der Waals surface area (Å²) in [4.78, 5) is 9.56. The molecule has 1 aliphatic heterocycles. The maximum atomic E-state index is 5.98. The number of nitrogens with two attached hydrogens (primary N) is 1. The fraction of sp³-hybridized carbons (Fsp3) is 0.462. The van der Waals surface area contributed by atoms with Crippen LogP contribution in [0.4, 0.5) is 0 Å². The van der Waals surface area contributed by atoms with Crippen molar-refractivity contribution in [3.05, 3.63) is 40.1 Å². The Morgan fingerprint density at radius 1 is 1.44 bits per heavy atom. The Morgan fingerprint density at radius 3 is 3.06 bits per heavy atom. The summed E-state index contributed by atoms with van der Waals surface area (Å²) < 4.78 is 2.23. The molecule has 3 rings (SSSR count). The van der Waals surface area contributed by atoms with E-state index in [2.05, 4.69) is 39.7 Å². The zero-order chi connectivity index (χ0) is 12.5. The third-order valence-electron chi connectivity index (χ3n) is 3.53. The van der Waals surface area contributed by atoms with Gasteiger partial charge >= 0.3 is 0 Å². The SMILES string of the molecule is Cc1ccc(C(CN)N2CCn3ccnc3C2)s1. The highest BCUT2D eigenvalue weighted by Gasteiger charge is 2.25. The van der Waals surface area contributed by atoms with Crippen molar-refractivity contribution in [2.75, 3.05) is 13.1 Å². The van der Waals surface area contributed by atoms with E-state index in [0.29, 0.717) is 12.6 Å². The minimum atomic E-state index is 0.328. The average molecular weight is 262 g/mol. The van der Waals surface area contributed by atoms with Crippen LogP contribution in [0.15, 0.2) is 24.5 Å². The monoisotopic (exact) mass is 262 g/mol. The van der Waals surface area contributed by atoms with Crippen molar-refractivity contribution in [1.29, 1.82) is 0 Å². The number of imidazole rings is 1. The predicted molar refractivity (Wildman–Crippen MR) is 73.5 cm³/mol. The van der Waals surface area contributed by atoms with E-state index in [4.69, 9.17) is 5.73 Å². The molecule has 96 valence electrons. The van der Waals surface area contributed by atoms with Crippen molar-refractivity contribution < 1.29 is 0 Å². The molecule has 1 atom stereocenters. The first-order valence-corrected chi connectivity index (χ1v) is 7.10. The van der Waals surface area contributed by atoms with Crippen LogP contribution in [0.1, 0.15) is 21.6 Å². The first kappa shape index (κ1) is 11.9. The van der Waals surface area contributed by atoms with E-state index in [1.54, 1.807) is 0 Å². The van der Waals surface area contributed by atoms with Gasteiger partial charge in [-0.1, -0.05) is 0 Å². The molecule has 1 unspecified atom stereocenters. The molecule has 4 nitrogen and oxygen atoms in total. The smallest absolute Gasteiger partial charge is 0.122 e. The minimum Gasteiger partial charge on any atom is -0.333 e. The second-order valence-electron chi connectivity index (χ2n) is 4.71. The van der Waals surface area contributed by atoms with Crippen molar-refractivity contribution in [3.63, 3.8) is 0 Å². The standard InChI is InChI=1S/C13H18N4S/c1-10-2-3-12(18-10)11(8-14)17-7-6-16-5-4-15-13(16)9-17/h2-5,11H,6-9,14H2,1H3. The van der Waals surface area contributed by atoms with Gasteiger partial charge in [-0.05, 0) is 19.1 Å². The number of nitrogens with zero attached hydrogens (tertiary/aromatic N) is 3. The van der Waals surface area contributed by atoms with E-state index in [1.807, 2.05) is 17.5 Å². The third-order valence-corrected chi connectivity index (χ3v) is 4.63. The second kappa shape index (κ2) is 4.84. The molecule has 3 heterocycles. The highest BCUT2D eigenvalue weighted by Crippen LogP contribution is 2.29. The van der Waals surface area contributed by atoms with Gasteiger partial charge in [0.05, 0.1) is 12.6 Å². The molecule has 0 aromatic carbocycles. The second-order valence-corrected chi connectivity index (χ2v) is 6.03. The highest BCUT2D eigenvalue weighted by atomic mass is 32.1. The van der Waals surface area contributed by atoms with Crippen LogP contribution in [0.25, 0.3) is 0 Å². The Kier molecular flexibility index (Phi) is 3.20. The van der Waals surface area contributed by atoms with E-state index in [-0.39, 0.29) is 0 Å². The van der Waals surface area contributed by atoms with E-state index in [1.165, 1.54) is 9.75 Å². The van der Waals surface area contributed by atoms with E-state index < -0.39 is 0 Å². The summed E-state index contributed by atoms with van der Waals surface area (Å²) in [6.07, 6.45) is 3.94. The first-order chi connectivity index (χ1) is 8.78. The van der Waals surface area contributed by atoms with Crippen LogP contribution in [-0.4, -0.2) is 27.5 Å². The van der Waals surface area contributed by atoms with Gasteiger partial charge in [0.25, 0.3) is 0 Å². The van der Waals surface area contributed by atoms with Gasteiger partial charge in [-0.2, -0.15) is 0 Å². The third kappa shape index (κ3) is 2.09. The van der Waals surface area contributed by atoms with Gasteiger partial charge in [0, 0.05) is 41.8 Å². The number of fused-ring (bicyclic) bond motifs is 1. The topological polar surface area (TPSA) is 47.1 Å². The van der Waals surface area contributed by atoms with Crippen LogP contribution in [-0.2, 0) is 13.1 Å². The summed E-state index contributed by atoms with van der Waals surface area (Å²) in [5.74, 6) is 1.15. The number of thiophene rings is 1. The van der Waals surface area contributed by atoms with Crippen molar-refractivity contribution in [2.45, 2.75) is 26.1 Å². The molecule has 5 heteroatoms. The lowest BCUT2D eigenvalue weighted by Crippen LogP contribution is -2.39. The molecular weight excluding hydrogens is 244 g/mol. The molecule has 0 saturated heterocycles. The molecule has 0 aliphatic carbocycles. The number of hydrogen-bond donors (Lipinski definition) is 1. The van der Waals surface area contributed by atoms with Crippen molar-refractivity contribution in [3.8, 4) is 0 Å². The molecule has 0 bridgehead atoms. The molecule has 1 aliphatic rings. The van der Waals surface area contributed by atoms with E-state index in [9.17, 15) is 0 Å². The number of rotatable bonds is 3. The Bertz CT molecular complexity index is 531. The van der Waals surface area contributed by atoms with Crippen molar-refractivity contribution in [2.24, 2.45) is 5.73 Å². The molecule has 0 saturated carbocycles. The fourth-order valence-electron chi connectivity index (χ4n) is 2.54. The predicted octanol–water partition coefficient (Wildman–Crippen LogP) is 1.77. The van der Waals surface area contributed by atoms with Crippen LogP contribution in [0.5, 0.6) is 0 Å². The zero-order valence-corrected chi connectivity index (χ0v) is 11.4. The Balaban J connectivity index is 1.82. The van der Waals surface area contributed by atoms with Crippen LogP contribution in [0, 0.1) is 6.92 Å². The summed E-state index contributed by atoms with van der Waals surface area (Å²) in [5.41, 5.74) is 5.98. The molecule has 18 heavy (non-hydrogen) atoms. The lowest BCUT2D eigenvalue weighted by molar-refractivity contribution is 0.158. The maximum Gasteiger partial charge on any atom is 0.122 e. The van der Waals surface area contributed by atoms with E-state index >= 15 is 0 Å². The summed E-state index contributed by atoms with van der Waals surface area (Å²) in [6, 6.07) is 4.71. The Hall–Kier alpha value is -1.17. The van der Waals surface area contributed by atoms with Gasteiger partial charge in [-0.15, -0.1) is 11.3 Å². The summed E-state index contributed by atoms with van der Waals surface area (Å²) in [7, 11) is 0. The maximum absolute atomic E-state index is 5.98. The lowest BCUT2D eigenvalue weighted by Gasteiger charge is -2.33. The highest BCUT2D eigenvalue weighted by molar-refractivity contribution is 7.12. The van der Waals surface area contributed by atoms with Crippen molar-refractivity contribution in [1.82, 2.24) is 14.5 Å². The average Bonchev–Trinajstić information content (AvgIpc) is 2.99. The first-order valence-electron chi connectivity index (χ1n) is 6.28. The molecule has 2 aromatic rings. The van der Waals surface area contributed by atoms with Gasteiger partial charge < -0.3 is 10.3 Å².